The zero-order valence-corrected chi connectivity index (χ0v) is 11.6. The fourth-order valence-corrected chi connectivity index (χ4v) is 2.01. The summed E-state index contributed by atoms with van der Waals surface area (Å²) in [6.07, 6.45) is 2.20. The van der Waals surface area contributed by atoms with Crippen LogP contribution in [0.15, 0.2) is 30.3 Å². The first kappa shape index (κ1) is 15.6. The fraction of sp³-hybridized carbons (Fsp3) is 0.429. The molecule has 5 heteroatoms. The molecule has 0 radical (unpaired) electrons. The molecule has 1 atom stereocenters. The minimum atomic E-state index is -1.01. The molecule has 1 amide bonds. The van der Waals surface area contributed by atoms with Crippen molar-refractivity contribution in [1.29, 1.82) is 0 Å². The zero-order valence-electron chi connectivity index (χ0n) is 10.7. The third kappa shape index (κ3) is 6.29. The lowest BCUT2D eigenvalue weighted by molar-refractivity contribution is -0.141. The standard InChI is InChI=1S/C14H19NO3S/c16-13(15-12(9-10-19)14(17)18)8-4-7-11-5-2-1-3-6-11/h1-3,5-6,12,19H,4,7-10H2,(H,15,16)(H,17,18)/t12-/m0/s1. The summed E-state index contributed by atoms with van der Waals surface area (Å²) in [7, 11) is 0. The maximum atomic E-state index is 11.6. The van der Waals surface area contributed by atoms with Gasteiger partial charge in [-0.05, 0) is 30.6 Å². The Labute approximate surface area is 118 Å². The van der Waals surface area contributed by atoms with Gasteiger partial charge in [-0.15, -0.1) is 0 Å². The van der Waals surface area contributed by atoms with Gasteiger partial charge in [0.1, 0.15) is 6.04 Å². The summed E-state index contributed by atoms with van der Waals surface area (Å²) in [6, 6.07) is 9.07. The van der Waals surface area contributed by atoms with E-state index in [1.807, 2.05) is 30.3 Å². The molecule has 0 aliphatic heterocycles. The quantitative estimate of drug-likeness (QED) is 0.638. The van der Waals surface area contributed by atoms with Gasteiger partial charge < -0.3 is 10.4 Å². The van der Waals surface area contributed by atoms with E-state index < -0.39 is 12.0 Å². The van der Waals surface area contributed by atoms with E-state index in [0.29, 0.717) is 25.0 Å². The first-order valence-electron chi connectivity index (χ1n) is 6.30. The summed E-state index contributed by atoms with van der Waals surface area (Å²) in [6.45, 7) is 0. The molecule has 2 N–H and O–H groups in total. The second kappa shape index (κ2) is 8.58. The molecular formula is C14H19NO3S. The van der Waals surface area contributed by atoms with Gasteiger partial charge in [-0.1, -0.05) is 30.3 Å². The van der Waals surface area contributed by atoms with Crippen molar-refractivity contribution in [2.75, 3.05) is 5.75 Å². The molecule has 0 aliphatic rings. The molecule has 0 unspecified atom stereocenters. The van der Waals surface area contributed by atoms with Crippen LogP contribution in [0.3, 0.4) is 0 Å². The third-order valence-electron chi connectivity index (χ3n) is 2.76. The Balaban J connectivity index is 2.29. The maximum Gasteiger partial charge on any atom is 0.326 e. The van der Waals surface area contributed by atoms with E-state index in [2.05, 4.69) is 17.9 Å². The minimum absolute atomic E-state index is 0.217. The monoisotopic (exact) mass is 281 g/mol. The molecule has 0 aliphatic carbocycles. The molecule has 1 rings (SSSR count). The van der Waals surface area contributed by atoms with E-state index in [1.165, 1.54) is 5.56 Å². The van der Waals surface area contributed by atoms with Crippen molar-refractivity contribution in [3.8, 4) is 0 Å². The highest BCUT2D eigenvalue weighted by Gasteiger charge is 2.18. The molecule has 19 heavy (non-hydrogen) atoms. The number of aliphatic carboxylic acids is 1. The summed E-state index contributed by atoms with van der Waals surface area (Å²) in [5.41, 5.74) is 1.18. The lowest BCUT2D eigenvalue weighted by Gasteiger charge is -2.13. The number of amides is 1. The highest BCUT2D eigenvalue weighted by molar-refractivity contribution is 7.80. The number of rotatable bonds is 8. The molecular weight excluding hydrogens is 262 g/mol. The lowest BCUT2D eigenvalue weighted by Crippen LogP contribution is -2.41. The van der Waals surface area contributed by atoms with Crippen molar-refractivity contribution in [2.45, 2.75) is 31.7 Å². The summed E-state index contributed by atoms with van der Waals surface area (Å²) in [5.74, 6) is -0.795. The van der Waals surface area contributed by atoms with Crippen molar-refractivity contribution in [3.63, 3.8) is 0 Å². The van der Waals surface area contributed by atoms with Crippen molar-refractivity contribution in [3.05, 3.63) is 35.9 Å². The van der Waals surface area contributed by atoms with Crippen LogP contribution in [-0.4, -0.2) is 28.8 Å². The molecule has 0 saturated carbocycles. The van der Waals surface area contributed by atoms with E-state index in [1.54, 1.807) is 0 Å². The average Bonchev–Trinajstić information content (AvgIpc) is 2.39. The summed E-state index contributed by atoms with van der Waals surface area (Å²) in [4.78, 5) is 22.5. The number of benzene rings is 1. The summed E-state index contributed by atoms with van der Waals surface area (Å²) >= 11 is 3.98. The Hall–Kier alpha value is -1.49. The predicted molar refractivity (Wildman–Crippen MR) is 77.4 cm³/mol. The molecule has 0 saturated heterocycles. The van der Waals surface area contributed by atoms with Gasteiger partial charge in [0.25, 0.3) is 0 Å². The molecule has 1 aromatic carbocycles. The van der Waals surface area contributed by atoms with E-state index >= 15 is 0 Å². The van der Waals surface area contributed by atoms with Crippen molar-refractivity contribution in [2.24, 2.45) is 0 Å². The highest BCUT2D eigenvalue weighted by Crippen LogP contribution is 2.05. The molecule has 1 aromatic rings. The van der Waals surface area contributed by atoms with Crippen LogP contribution in [-0.2, 0) is 16.0 Å². The molecule has 104 valence electrons. The molecule has 0 bridgehead atoms. The van der Waals surface area contributed by atoms with Gasteiger partial charge in [-0.3, -0.25) is 4.79 Å². The number of carboxylic acid groups (broad SMARTS) is 1. The largest absolute Gasteiger partial charge is 0.480 e. The topological polar surface area (TPSA) is 66.4 Å². The number of thiol groups is 1. The minimum Gasteiger partial charge on any atom is -0.480 e. The third-order valence-corrected chi connectivity index (χ3v) is 3.02. The maximum absolute atomic E-state index is 11.6. The van der Waals surface area contributed by atoms with Crippen LogP contribution in [0.1, 0.15) is 24.8 Å². The van der Waals surface area contributed by atoms with Crippen molar-refractivity contribution < 1.29 is 14.7 Å². The summed E-state index contributed by atoms with van der Waals surface area (Å²) < 4.78 is 0. The number of carbonyl (C=O) groups excluding carboxylic acids is 1. The number of nitrogens with one attached hydrogen (secondary N) is 1. The SMILES string of the molecule is O=C(CCCc1ccccc1)N[C@@H](CCS)C(=O)O. The number of carboxylic acids is 1. The lowest BCUT2D eigenvalue weighted by atomic mass is 10.1. The van der Waals surface area contributed by atoms with Gasteiger partial charge in [-0.2, -0.15) is 12.6 Å². The molecule has 0 aromatic heterocycles. The molecule has 0 spiro atoms. The highest BCUT2D eigenvalue weighted by atomic mass is 32.1. The number of carbonyl (C=O) groups is 2. The molecule has 4 nitrogen and oxygen atoms in total. The van der Waals surface area contributed by atoms with Crippen LogP contribution >= 0.6 is 12.6 Å². The van der Waals surface area contributed by atoms with Gasteiger partial charge in [0.2, 0.25) is 5.91 Å². The van der Waals surface area contributed by atoms with Gasteiger partial charge >= 0.3 is 5.97 Å². The summed E-state index contributed by atoms with van der Waals surface area (Å²) in [5, 5.41) is 11.4. The second-order valence-corrected chi connectivity index (χ2v) is 4.76. The van der Waals surface area contributed by atoms with E-state index in [0.717, 1.165) is 6.42 Å². The van der Waals surface area contributed by atoms with E-state index in [-0.39, 0.29) is 5.91 Å². The molecule has 0 heterocycles. The van der Waals surface area contributed by atoms with E-state index in [9.17, 15) is 9.59 Å². The van der Waals surface area contributed by atoms with Gasteiger partial charge in [0.05, 0.1) is 0 Å². The Morgan fingerprint density at radius 3 is 2.53 bits per heavy atom. The van der Waals surface area contributed by atoms with Crippen LogP contribution in [0.25, 0.3) is 0 Å². The van der Waals surface area contributed by atoms with Crippen molar-refractivity contribution >= 4 is 24.5 Å². The van der Waals surface area contributed by atoms with Crippen LogP contribution < -0.4 is 5.32 Å². The van der Waals surface area contributed by atoms with Gasteiger partial charge in [0, 0.05) is 6.42 Å². The Morgan fingerprint density at radius 2 is 1.95 bits per heavy atom. The zero-order chi connectivity index (χ0) is 14.1. The van der Waals surface area contributed by atoms with Gasteiger partial charge in [0.15, 0.2) is 0 Å². The molecule has 0 fully saturated rings. The van der Waals surface area contributed by atoms with Crippen molar-refractivity contribution in [1.82, 2.24) is 5.32 Å². The number of aryl methyl sites for hydroxylation is 1. The fourth-order valence-electron chi connectivity index (χ4n) is 1.75. The van der Waals surface area contributed by atoms with Crippen LogP contribution in [0.4, 0.5) is 0 Å². The predicted octanol–water partition coefficient (Wildman–Crippen LogP) is 1.90. The van der Waals surface area contributed by atoms with Crippen LogP contribution in [0.5, 0.6) is 0 Å². The van der Waals surface area contributed by atoms with Gasteiger partial charge in [-0.25, -0.2) is 4.79 Å². The first-order valence-corrected chi connectivity index (χ1v) is 6.93. The smallest absolute Gasteiger partial charge is 0.326 e. The van der Waals surface area contributed by atoms with E-state index in [4.69, 9.17) is 5.11 Å². The second-order valence-electron chi connectivity index (χ2n) is 4.31. The Kier molecular flexibility index (Phi) is 7.03. The number of hydrogen-bond donors (Lipinski definition) is 3. The van der Waals surface area contributed by atoms with Crippen LogP contribution in [0, 0.1) is 0 Å². The Bertz CT molecular complexity index is 408. The number of hydrogen-bond acceptors (Lipinski definition) is 3. The van der Waals surface area contributed by atoms with Crippen LogP contribution in [0.2, 0.25) is 0 Å². The first-order chi connectivity index (χ1) is 9.13. The Morgan fingerprint density at radius 1 is 1.26 bits per heavy atom. The average molecular weight is 281 g/mol. The normalized spacial score (nSPS) is 11.8.